The third-order valence-electron chi connectivity index (χ3n) is 6.49. The predicted octanol–water partition coefficient (Wildman–Crippen LogP) is 3.48. The minimum Gasteiger partial charge on any atom is -0.346 e. The summed E-state index contributed by atoms with van der Waals surface area (Å²) in [7, 11) is 0. The Morgan fingerprint density at radius 1 is 1.20 bits per heavy atom. The molecule has 2 N–H and O–H groups in total. The summed E-state index contributed by atoms with van der Waals surface area (Å²) in [4.78, 5) is 40.1. The molecule has 0 saturated heterocycles. The van der Waals surface area contributed by atoms with E-state index in [2.05, 4.69) is 25.9 Å². The van der Waals surface area contributed by atoms with Crippen LogP contribution >= 0.6 is 0 Å². The van der Waals surface area contributed by atoms with Gasteiger partial charge in [0.1, 0.15) is 6.17 Å². The van der Waals surface area contributed by atoms with Crippen molar-refractivity contribution in [2.24, 2.45) is 5.92 Å². The van der Waals surface area contributed by atoms with Crippen LogP contribution in [0.25, 0.3) is 0 Å². The summed E-state index contributed by atoms with van der Waals surface area (Å²) in [6.07, 6.45) is 1.23. The van der Waals surface area contributed by atoms with Gasteiger partial charge in [-0.15, -0.1) is 5.10 Å². The van der Waals surface area contributed by atoms with E-state index in [1.807, 2.05) is 0 Å². The number of halogens is 5. The fourth-order valence-electron chi connectivity index (χ4n) is 4.06. The largest absolute Gasteiger partial charge is 0.417 e. The van der Waals surface area contributed by atoms with E-state index in [-0.39, 0.29) is 61.2 Å². The van der Waals surface area contributed by atoms with Gasteiger partial charge >= 0.3 is 6.18 Å². The summed E-state index contributed by atoms with van der Waals surface area (Å²) >= 11 is 0. The van der Waals surface area contributed by atoms with Crippen molar-refractivity contribution in [1.82, 2.24) is 29.9 Å². The molecule has 3 heterocycles. The van der Waals surface area contributed by atoms with Crippen molar-refractivity contribution < 1.29 is 31.5 Å². The van der Waals surface area contributed by atoms with E-state index in [1.165, 1.54) is 24.7 Å². The van der Waals surface area contributed by atoms with Crippen LogP contribution in [0.5, 0.6) is 0 Å². The zero-order chi connectivity index (χ0) is 28.9. The number of nitrogens with one attached hydrogen (secondary N) is 2. The first kappa shape index (κ1) is 28.8. The zero-order valence-electron chi connectivity index (χ0n) is 21.1. The summed E-state index contributed by atoms with van der Waals surface area (Å²) in [5.74, 6) is -1.95. The number of aromatic nitrogens is 5. The molecule has 1 aliphatic carbocycles. The van der Waals surface area contributed by atoms with Crippen LogP contribution in [-0.2, 0) is 30.6 Å². The van der Waals surface area contributed by atoms with Gasteiger partial charge in [-0.1, -0.05) is 11.6 Å². The monoisotopic (exact) mass is 567 g/mol. The lowest BCUT2D eigenvalue weighted by atomic mass is 9.83. The van der Waals surface area contributed by atoms with Crippen molar-refractivity contribution in [2.45, 2.75) is 64.1 Å². The van der Waals surface area contributed by atoms with Gasteiger partial charge in [0.15, 0.2) is 5.69 Å². The van der Waals surface area contributed by atoms with E-state index < -0.39 is 35.2 Å². The molecule has 0 aromatic carbocycles. The number of rotatable bonds is 11. The number of aryl methyl sites for hydroxylation is 1. The van der Waals surface area contributed by atoms with Gasteiger partial charge in [0.05, 0.1) is 24.0 Å². The molecule has 1 unspecified atom stereocenters. The molecule has 10 nitrogen and oxygen atoms in total. The lowest BCUT2D eigenvalue weighted by Gasteiger charge is -2.24. The van der Waals surface area contributed by atoms with Gasteiger partial charge < -0.3 is 15.2 Å². The van der Waals surface area contributed by atoms with Crippen LogP contribution in [-0.4, -0.2) is 42.5 Å². The van der Waals surface area contributed by atoms with Gasteiger partial charge in [-0.3, -0.25) is 19.4 Å². The molecule has 0 radical (unpaired) electrons. The Labute approximate surface area is 224 Å². The van der Waals surface area contributed by atoms with Crippen LogP contribution in [0.15, 0.2) is 41.7 Å². The first-order valence-corrected chi connectivity index (χ1v) is 12.5. The predicted molar refractivity (Wildman–Crippen MR) is 131 cm³/mol. The van der Waals surface area contributed by atoms with Crippen LogP contribution in [0.1, 0.15) is 53.7 Å². The molecule has 2 amide bonds. The molecule has 1 saturated carbocycles. The third-order valence-corrected chi connectivity index (χ3v) is 6.49. The summed E-state index contributed by atoms with van der Waals surface area (Å²) < 4.78 is 69.5. The van der Waals surface area contributed by atoms with Crippen molar-refractivity contribution >= 4 is 17.5 Å². The SMILES string of the molecule is O=C(CC1CCC1)Nc1ccn(CCC(F)Cn2cc(C(=O)NCc3cncc(C(F)(F)F)c3)nn2)c(=O)c1F. The Morgan fingerprint density at radius 2 is 1.98 bits per heavy atom. The molecule has 15 heteroatoms. The van der Waals surface area contributed by atoms with Gasteiger partial charge in [-0.05, 0) is 42.9 Å². The first-order chi connectivity index (χ1) is 19.0. The fraction of sp³-hybridized carbons (Fsp3) is 0.440. The Balaban J connectivity index is 1.25. The molecule has 1 atom stereocenters. The normalized spacial score (nSPS) is 14.4. The van der Waals surface area contributed by atoms with Gasteiger partial charge in [-0.25, -0.2) is 9.07 Å². The van der Waals surface area contributed by atoms with Crippen LogP contribution in [0.2, 0.25) is 0 Å². The molecule has 1 fully saturated rings. The molecule has 3 aromatic heterocycles. The molecule has 1 aliphatic rings. The number of alkyl halides is 4. The number of hydrogen-bond acceptors (Lipinski definition) is 6. The number of nitrogens with zero attached hydrogens (tertiary/aromatic N) is 5. The van der Waals surface area contributed by atoms with E-state index in [0.29, 0.717) is 6.20 Å². The quantitative estimate of drug-likeness (QED) is 0.342. The van der Waals surface area contributed by atoms with Crippen LogP contribution in [0, 0.1) is 11.7 Å². The van der Waals surface area contributed by atoms with E-state index in [0.717, 1.165) is 34.6 Å². The molecule has 214 valence electrons. The number of carbonyl (C=O) groups excluding carboxylic acids is 2. The Kier molecular flexibility index (Phi) is 8.90. The van der Waals surface area contributed by atoms with Gasteiger partial charge in [0, 0.05) is 38.1 Å². The topological polar surface area (TPSA) is 124 Å². The van der Waals surface area contributed by atoms with E-state index in [4.69, 9.17) is 0 Å². The average Bonchev–Trinajstić information content (AvgIpc) is 3.35. The zero-order valence-corrected chi connectivity index (χ0v) is 21.1. The van der Waals surface area contributed by atoms with Crippen LogP contribution in [0.4, 0.5) is 27.6 Å². The number of pyridine rings is 2. The van der Waals surface area contributed by atoms with Gasteiger partial charge in [0.2, 0.25) is 11.7 Å². The van der Waals surface area contributed by atoms with E-state index in [1.54, 1.807) is 0 Å². The molecule has 0 bridgehead atoms. The highest BCUT2D eigenvalue weighted by molar-refractivity contribution is 5.92. The van der Waals surface area contributed by atoms with Crippen LogP contribution in [0.3, 0.4) is 0 Å². The highest BCUT2D eigenvalue weighted by atomic mass is 19.4. The van der Waals surface area contributed by atoms with Crippen molar-refractivity contribution in [2.75, 3.05) is 5.32 Å². The maximum Gasteiger partial charge on any atom is 0.417 e. The Hall–Kier alpha value is -4.17. The Bertz CT molecular complexity index is 1420. The third kappa shape index (κ3) is 7.48. The molecule has 40 heavy (non-hydrogen) atoms. The molecule has 4 rings (SSSR count). The molecular weight excluding hydrogens is 541 g/mol. The van der Waals surface area contributed by atoms with Crippen molar-refractivity contribution in [3.63, 3.8) is 0 Å². The number of amides is 2. The van der Waals surface area contributed by atoms with Gasteiger partial charge in [-0.2, -0.15) is 17.6 Å². The smallest absolute Gasteiger partial charge is 0.346 e. The minimum atomic E-state index is -4.57. The summed E-state index contributed by atoms with van der Waals surface area (Å²) in [6.45, 7) is -0.715. The second-order valence-corrected chi connectivity index (χ2v) is 9.57. The van der Waals surface area contributed by atoms with Crippen molar-refractivity contribution in [3.8, 4) is 0 Å². The van der Waals surface area contributed by atoms with E-state index in [9.17, 15) is 36.3 Å². The Morgan fingerprint density at radius 3 is 2.67 bits per heavy atom. The highest BCUT2D eigenvalue weighted by Crippen LogP contribution is 2.30. The maximum absolute atomic E-state index is 14.6. The van der Waals surface area contributed by atoms with Crippen LogP contribution < -0.4 is 16.2 Å². The molecule has 3 aromatic rings. The summed E-state index contributed by atoms with van der Waals surface area (Å²) in [5, 5.41) is 12.1. The fourth-order valence-corrected chi connectivity index (χ4v) is 4.06. The highest BCUT2D eigenvalue weighted by Gasteiger charge is 2.31. The summed E-state index contributed by atoms with van der Waals surface area (Å²) in [6, 6.07) is 2.11. The number of carbonyl (C=O) groups is 2. The molecule has 0 spiro atoms. The van der Waals surface area contributed by atoms with Crippen molar-refractivity contribution in [1.29, 1.82) is 0 Å². The van der Waals surface area contributed by atoms with E-state index >= 15 is 0 Å². The maximum atomic E-state index is 14.6. The lowest BCUT2D eigenvalue weighted by molar-refractivity contribution is -0.137. The molecular formula is C25H26F5N7O3. The summed E-state index contributed by atoms with van der Waals surface area (Å²) in [5.41, 5.74) is -2.23. The number of anilines is 1. The minimum absolute atomic E-state index is 0.121. The standard InChI is InChI=1S/C25H26F5N7O3/c26-18(4-6-36-7-5-19(22(27)24(36)40)33-21(38)9-15-2-1-3-15)13-37-14-20(34-35-37)23(39)32-11-16-8-17(12-31-10-16)25(28,29)30/h5,7-8,10,12,14-15,18H,1-4,6,9,11,13H2,(H,32,39)(H,33,38). The first-order valence-electron chi connectivity index (χ1n) is 12.5. The average molecular weight is 568 g/mol. The second kappa shape index (κ2) is 12.3. The lowest BCUT2D eigenvalue weighted by Crippen LogP contribution is -2.27. The van der Waals surface area contributed by atoms with Gasteiger partial charge in [0.25, 0.3) is 11.5 Å². The second-order valence-electron chi connectivity index (χ2n) is 9.57. The number of hydrogen-bond donors (Lipinski definition) is 2. The van der Waals surface area contributed by atoms with Crippen molar-refractivity contribution in [3.05, 3.63) is 69.9 Å². The molecule has 0 aliphatic heterocycles.